The highest BCUT2D eigenvalue weighted by molar-refractivity contribution is 9.10. The molecule has 2 aromatic rings. The quantitative estimate of drug-likeness (QED) is 0.922. The Morgan fingerprint density at radius 2 is 1.88 bits per heavy atom. The molecule has 3 heteroatoms. The van der Waals surface area contributed by atoms with Crippen LogP contribution in [0.4, 0.5) is 0 Å². The highest BCUT2D eigenvalue weighted by atomic mass is 79.9. The average Bonchev–Trinajstić information content (AvgIpc) is 2.79. The molecule has 0 aliphatic heterocycles. The van der Waals surface area contributed by atoms with Gasteiger partial charge in [0.25, 0.3) is 0 Å². The molecule has 2 N–H and O–H groups in total. The van der Waals surface area contributed by atoms with E-state index in [1.54, 1.807) is 0 Å². The van der Waals surface area contributed by atoms with Crippen LogP contribution in [0.5, 0.6) is 0 Å². The van der Waals surface area contributed by atoms with Crippen molar-refractivity contribution in [1.29, 1.82) is 0 Å². The minimum absolute atomic E-state index is 0.663. The Morgan fingerprint density at radius 3 is 2.59 bits per heavy atom. The third-order valence-electron chi connectivity index (χ3n) is 2.37. The molecular weight excluding hydrogens is 278 g/mol. The first kappa shape index (κ1) is 12.1. The summed E-state index contributed by atoms with van der Waals surface area (Å²) in [5.41, 5.74) is 6.49. The van der Waals surface area contributed by atoms with E-state index >= 15 is 0 Å². The summed E-state index contributed by atoms with van der Waals surface area (Å²) >= 11 is 3.41. The van der Waals surface area contributed by atoms with Crippen molar-refractivity contribution in [3.05, 3.63) is 52.7 Å². The zero-order valence-electron chi connectivity index (χ0n) is 9.40. The van der Waals surface area contributed by atoms with Crippen molar-refractivity contribution in [2.24, 2.45) is 5.73 Å². The molecule has 1 heterocycles. The maximum Gasteiger partial charge on any atom is 0.134 e. The number of furan rings is 1. The van der Waals surface area contributed by atoms with Crippen LogP contribution in [-0.4, -0.2) is 6.54 Å². The predicted molar refractivity (Wildman–Crippen MR) is 74.5 cm³/mol. The Bertz CT molecular complexity index is 499. The maximum absolute atomic E-state index is 5.71. The van der Waals surface area contributed by atoms with Crippen molar-refractivity contribution < 1.29 is 4.42 Å². The largest absolute Gasteiger partial charge is 0.457 e. The molecule has 0 saturated heterocycles. The predicted octanol–water partition coefficient (Wildman–Crippen LogP) is 4.07. The second kappa shape index (κ2) is 5.84. The molecule has 0 atom stereocenters. The SMILES string of the molecule is NCCC=Cc1ccc(-c2ccc(Br)cc2)o1. The van der Waals surface area contributed by atoms with E-state index in [2.05, 4.69) is 15.9 Å². The van der Waals surface area contributed by atoms with Crippen molar-refractivity contribution in [2.45, 2.75) is 6.42 Å². The molecule has 0 amide bonds. The van der Waals surface area contributed by atoms with Crippen LogP contribution in [0.15, 0.2) is 51.4 Å². The standard InChI is InChI=1S/C14H14BrNO/c15-12-6-4-11(5-7-12)14-9-8-13(17-14)3-1-2-10-16/h1,3-9H,2,10,16H2. The Labute approximate surface area is 109 Å². The molecule has 1 aromatic carbocycles. The summed E-state index contributed by atoms with van der Waals surface area (Å²) in [5.74, 6) is 1.74. The van der Waals surface area contributed by atoms with E-state index in [1.807, 2.05) is 48.6 Å². The summed E-state index contributed by atoms with van der Waals surface area (Å²) in [7, 11) is 0. The molecule has 0 radical (unpaired) electrons. The third kappa shape index (κ3) is 3.32. The van der Waals surface area contributed by atoms with E-state index < -0.39 is 0 Å². The molecule has 0 fully saturated rings. The first-order chi connectivity index (χ1) is 8.29. The van der Waals surface area contributed by atoms with Crippen LogP contribution >= 0.6 is 15.9 Å². The van der Waals surface area contributed by atoms with Gasteiger partial charge in [-0.2, -0.15) is 0 Å². The van der Waals surface area contributed by atoms with Crippen LogP contribution in [0, 0.1) is 0 Å². The summed E-state index contributed by atoms with van der Waals surface area (Å²) in [4.78, 5) is 0. The van der Waals surface area contributed by atoms with Gasteiger partial charge in [-0.25, -0.2) is 0 Å². The second-order valence-electron chi connectivity index (χ2n) is 3.69. The van der Waals surface area contributed by atoms with Crippen molar-refractivity contribution in [3.8, 4) is 11.3 Å². The molecular formula is C14H14BrNO. The average molecular weight is 292 g/mol. The molecule has 0 spiro atoms. The van der Waals surface area contributed by atoms with Crippen LogP contribution in [0.3, 0.4) is 0 Å². The molecule has 0 bridgehead atoms. The summed E-state index contributed by atoms with van der Waals surface area (Å²) in [6.45, 7) is 0.663. The van der Waals surface area contributed by atoms with E-state index in [0.29, 0.717) is 6.54 Å². The van der Waals surface area contributed by atoms with Gasteiger partial charge < -0.3 is 10.2 Å². The van der Waals surface area contributed by atoms with Gasteiger partial charge in [-0.15, -0.1) is 0 Å². The summed E-state index contributed by atoms with van der Waals surface area (Å²) < 4.78 is 6.78. The fourth-order valence-electron chi connectivity index (χ4n) is 1.51. The van der Waals surface area contributed by atoms with Gasteiger partial charge >= 0.3 is 0 Å². The minimum Gasteiger partial charge on any atom is -0.457 e. The molecule has 0 aliphatic rings. The number of nitrogens with two attached hydrogens (primary N) is 1. The van der Waals surface area contributed by atoms with Crippen molar-refractivity contribution in [3.63, 3.8) is 0 Å². The van der Waals surface area contributed by atoms with Gasteiger partial charge in [0.05, 0.1) is 0 Å². The van der Waals surface area contributed by atoms with Crippen LogP contribution in [-0.2, 0) is 0 Å². The minimum atomic E-state index is 0.663. The number of hydrogen-bond donors (Lipinski definition) is 1. The molecule has 1 aromatic heterocycles. The Balaban J connectivity index is 2.15. The first-order valence-electron chi connectivity index (χ1n) is 5.52. The van der Waals surface area contributed by atoms with Gasteiger partial charge in [-0.3, -0.25) is 0 Å². The molecule has 2 rings (SSSR count). The molecule has 2 nitrogen and oxygen atoms in total. The van der Waals surface area contributed by atoms with E-state index in [1.165, 1.54) is 0 Å². The fraction of sp³-hybridized carbons (Fsp3) is 0.143. The second-order valence-corrected chi connectivity index (χ2v) is 4.60. The lowest BCUT2D eigenvalue weighted by molar-refractivity contribution is 0.571. The molecule has 17 heavy (non-hydrogen) atoms. The van der Waals surface area contributed by atoms with E-state index in [4.69, 9.17) is 10.2 Å². The van der Waals surface area contributed by atoms with Crippen LogP contribution in [0.1, 0.15) is 12.2 Å². The fourth-order valence-corrected chi connectivity index (χ4v) is 1.77. The molecule has 0 aliphatic carbocycles. The summed E-state index contributed by atoms with van der Waals surface area (Å²) in [6.07, 6.45) is 4.84. The smallest absolute Gasteiger partial charge is 0.134 e. The normalized spacial score (nSPS) is 11.2. The summed E-state index contributed by atoms with van der Waals surface area (Å²) in [6, 6.07) is 12.0. The molecule has 0 saturated carbocycles. The van der Waals surface area contributed by atoms with Crippen LogP contribution < -0.4 is 5.73 Å². The zero-order valence-corrected chi connectivity index (χ0v) is 11.0. The van der Waals surface area contributed by atoms with Crippen LogP contribution in [0.2, 0.25) is 0 Å². The highest BCUT2D eigenvalue weighted by Crippen LogP contribution is 2.24. The van der Waals surface area contributed by atoms with E-state index in [0.717, 1.165) is 28.0 Å². The Morgan fingerprint density at radius 1 is 1.12 bits per heavy atom. The lowest BCUT2D eigenvalue weighted by Gasteiger charge is -1.96. The number of halogens is 1. The van der Waals surface area contributed by atoms with Gasteiger partial charge in [-0.05, 0) is 43.3 Å². The van der Waals surface area contributed by atoms with E-state index in [9.17, 15) is 0 Å². The zero-order chi connectivity index (χ0) is 12.1. The van der Waals surface area contributed by atoms with Crippen molar-refractivity contribution in [2.75, 3.05) is 6.54 Å². The molecule has 88 valence electrons. The number of rotatable bonds is 4. The van der Waals surface area contributed by atoms with Gasteiger partial charge in [0, 0.05) is 10.0 Å². The van der Waals surface area contributed by atoms with Crippen LogP contribution in [0.25, 0.3) is 17.4 Å². The maximum atomic E-state index is 5.71. The lowest BCUT2D eigenvalue weighted by atomic mass is 10.2. The van der Waals surface area contributed by atoms with Gasteiger partial charge in [-0.1, -0.05) is 34.1 Å². The van der Waals surface area contributed by atoms with Gasteiger partial charge in [0.1, 0.15) is 11.5 Å². The Kier molecular flexibility index (Phi) is 4.18. The Hall–Kier alpha value is -1.32. The first-order valence-corrected chi connectivity index (χ1v) is 6.31. The number of benzene rings is 1. The topological polar surface area (TPSA) is 39.2 Å². The third-order valence-corrected chi connectivity index (χ3v) is 2.90. The molecule has 0 unspecified atom stereocenters. The highest BCUT2D eigenvalue weighted by Gasteiger charge is 2.02. The van der Waals surface area contributed by atoms with Gasteiger partial charge in [0.2, 0.25) is 0 Å². The van der Waals surface area contributed by atoms with Gasteiger partial charge in [0.15, 0.2) is 0 Å². The van der Waals surface area contributed by atoms with Crippen molar-refractivity contribution >= 4 is 22.0 Å². The monoisotopic (exact) mass is 291 g/mol. The van der Waals surface area contributed by atoms with Crippen molar-refractivity contribution in [1.82, 2.24) is 0 Å². The number of hydrogen-bond acceptors (Lipinski definition) is 2. The lowest BCUT2D eigenvalue weighted by Crippen LogP contribution is -1.94. The summed E-state index contributed by atoms with van der Waals surface area (Å²) in [5, 5.41) is 0. The van der Waals surface area contributed by atoms with E-state index in [-0.39, 0.29) is 0 Å².